The number of aromatic hydroxyl groups is 1. The molecule has 1 aliphatic heterocycles. The summed E-state index contributed by atoms with van der Waals surface area (Å²) >= 11 is 0. The highest BCUT2D eigenvalue weighted by molar-refractivity contribution is 14.0. The van der Waals surface area contributed by atoms with Crippen LogP contribution in [0.2, 0.25) is 0 Å². The van der Waals surface area contributed by atoms with Gasteiger partial charge in [0.15, 0.2) is 5.96 Å². The van der Waals surface area contributed by atoms with Crippen molar-refractivity contribution in [3.63, 3.8) is 0 Å². The van der Waals surface area contributed by atoms with Gasteiger partial charge in [0.05, 0.1) is 5.69 Å². The van der Waals surface area contributed by atoms with Gasteiger partial charge in [0, 0.05) is 51.4 Å². The number of carbonyl (C=O) groups excluding carboxylic acids is 1. The topological polar surface area (TPSA) is 80.2 Å². The van der Waals surface area contributed by atoms with Crippen molar-refractivity contribution in [2.45, 2.75) is 26.8 Å². The molecule has 0 aliphatic carbocycles. The number of carbonyl (C=O) groups is 1. The van der Waals surface area contributed by atoms with Crippen molar-refractivity contribution >= 4 is 47.2 Å². The van der Waals surface area contributed by atoms with Crippen LogP contribution in [0.3, 0.4) is 0 Å². The highest BCUT2D eigenvalue weighted by Crippen LogP contribution is 2.27. The molecule has 2 aromatic carbocycles. The molecule has 3 N–H and O–H groups in total. The second-order valence-corrected chi connectivity index (χ2v) is 7.86. The lowest BCUT2D eigenvalue weighted by atomic mass is 10.1. The zero-order valence-electron chi connectivity index (χ0n) is 19.0. The second kappa shape index (κ2) is 12.5. The van der Waals surface area contributed by atoms with E-state index in [0.717, 1.165) is 55.5 Å². The summed E-state index contributed by atoms with van der Waals surface area (Å²) in [5, 5.41) is 16.5. The number of halogens is 1. The maximum absolute atomic E-state index is 12.2. The molecule has 0 spiro atoms. The molecule has 32 heavy (non-hydrogen) atoms. The van der Waals surface area contributed by atoms with Crippen LogP contribution in [0.25, 0.3) is 0 Å². The molecule has 1 aliphatic rings. The van der Waals surface area contributed by atoms with E-state index < -0.39 is 0 Å². The van der Waals surface area contributed by atoms with Gasteiger partial charge in [-0.1, -0.05) is 38.1 Å². The number of aliphatic imine (C=N–C) groups is 1. The maximum Gasteiger partial charge on any atom is 0.227 e. The van der Waals surface area contributed by atoms with Gasteiger partial charge in [-0.15, -0.1) is 24.0 Å². The first-order valence-electron chi connectivity index (χ1n) is 10.9. The van der Waals surface area contributed by atoms with Crippen molar-refractivity contribution in [1.82, 2.24) is 10.2 Å². The van der Waals surface area contributed by atoms with Crippen LogP contribution in [0.15, 0.2) is 53.5 Å². The molecule has 1 amide bonds. The number of nitrogens with one attached hydrogen (secondary N) is 2. The number of hydrogen-bond acceptors (Lipinski definition) is 4. The van der Waals surface area contributed by atoms with Gasteiger partial charge in [0.1, 0.15) is 5.75 Å². The van der Waals surface area contributed by atoms with Crippen molar-refractivity contribution in [2.24, 2.45) is 10.9 Å². The zero-order chi connectivity index (χ0) is 22.2. The first kappa shape index (κ1) is 25.8. The van der Waals surface area contributed by atoms with Gasteiger partial charge in [-0.25, -0.2) is 0 Å². The number of phenolic OH excluding ortho intramolecular Hbond substituents is 1. The van der Waals surface area contributed by atoms with Crippen LogP contribution in [0.1, 0.15) is 25.8 Å². The number of para-hydroxylation sites is 2. The van der Waals surface area contributed by atoms with Gasteiger partial charge in [-0.3, -0.25) is 9.79 Å². The number of rotatable bonds is 6. The Kier molecular flexibility index (Phi) is 10.1. The number of anilines is 2. The van der Waals surface area contributed by atoms with E-state index in [-0.39, 0.29) is 35.8 Å². The summed E-state index contributed by atoms with van der Waals surface area (Å²) in [5.74, 6) is 1.22. The van der Waals surface area contributed by atoms with E-state index in [1.54, 1.807) is 13.1 Å². The van der Waals surface area contributed by atoms with Gasteiger partial charge in [0.25, 0.3) is 0 Å². The molecule has 8 heteroatoms. The molecule has 174 valence electrons. The predicted octanol–water partition coefficient (Wildman–Crippen LogP) is 3.89. The summed E-state index contributed by atoms with van der Waals surface area (Å²) in [4.78, 5) is 21.0. The fourth-order valence-electron chi connectivity index (χ4n) is 3.61. The van der Waals surface area contributed by atoms with E-state index in [1.165, 1.54) is 0 Å². The highest BCUT2D eigenvalue weighted by atomic mass is 127. The Balaban J connectivity index is 0.00000363. The molecule has 1 fully saturated rings. The number of guanidine groups is 1. The fourth-order valence-corrected chi connectivity index (χ4v) is 3.61. The van der Waals surface area contributed by atoms with Crippen LogP contribution in [0.5, 0.6) is 5.75 Å². The van der Waals surface area contributed by atoms with E-state index in [9.17, 15) is 9.90 Å². The minimum absolute atomic E-state index is 0. The lowest BCUT2D eigenvalue weighted by Crippen LogP contribution is -2.52. The van der Waals surface area contributed by atoms with Gasteiger partial charge in [0.2, 0.25) is 5.91 Å². The van der Waals surface area contributed by atoms with Crippen LogP contribution in [-0.2, 0) is 11.3 Å². The van der Waals surface area contributed by atoms with Crippen molar-refractivity contribution in [3.8, 4) is 5.75 Å². The quantitative estimate of drug-likeness (QED) is 0.289. The number of piperazine rings is 1. The standard InChI is InChI=1S/C24H33N5O2.HI/c1-4-18(2)23(31)27-20-9-7-8-19(16-20)17-26-24(25-3)29-14-12-28(13-15-29)21-10-5-6-11-22(21)30;/h5-11,16,18,30H,4,12-15,17H2,1-3H3,(H,25,26)(H,27,31);1H. The Hall–Kier alpha value is -2.49. The second-order valence-electron chi connectivity index (χ2n) is 7.86. The molecule has 0 aromatic heterocycles. The van der Waals surface area contributed by atoms with Gasteiger partial charge >= 0.3 is 0 Å². The largest absolute Gasteiger partial charge is 0.506 e. The molecule has 7 nitrogen and oxygen atoms in total. The van der Waals surface area contributed by atoms with Crippen molar-refractivity contribution in [3.05, 3.63) is 54.1 Å². The first-order valence-corrected chi connectivity index (χ1v) is 10.9. The summed E-state index contributed by atoms with van der Waals surface area (Å²) in [6.45, 7) is 7.84. The Morgan fingerprint density at radius 1 is 1.12 bits per heavy atom. The summed E-state index contributed by atoms with van der Waals surface area (Å²) in [5.41, 5.74) is 2.77. The molecule has 1 unspecified atom stereocenters. The average Bonchev–Trinajstić information content (AvgIpc) is 2.80. The zero-order valence-corrected chi connectivity index (χ0v) is 21.4. The molecular formula is C24H34IN5O2. The third-order valence-electron chi connectivity index (χ3n) is 5.72. The number of amides is 1. The van der Waals surface area contributed by atoms with Gasteiger partial charge in [-0.2, -0.15) is 0 Å². The highest BCUT2D eigenvalue weighted by Gasteiger charge is 2.21. The summed E-state index contributed by atoms with van der Waals surface area (Å²) in [7, 11) is 1.79. The third-order valence-corrected chi connectivity index (χ3v) is 5.72. The smallest absolute Gasteiger partial charge is 0.227 e. The Labute approximate surface area is 207 Å². The Bertz CT molecular complexity index is 913. The van der Waals surface area contributed by atoms with Crippen molar-refractivity contribution < 1.29 is 9.90 Å². The lowest BCUT2D eigenvalue weighted by molar-refractivity contribution is -0.119. The minimum atomic E-state index is -0.00271. The summed E-state index contributed by atoms with van der Waals surface area (Å²) in [6.07, 6.45) is 0.820. The van der Waals surface area contributed by atoms with E-state index in [2.05, 4.69) is 25.4 Å². The fraction of sp³-hybridized carbons (Fsp3) is 0.417. The molecule has 3 rings (SSSR count). The molecular weight excluding hydrogens is 517 g/mol. The summed E-state index contributed by atoms with van der Waals surface area (Å²) in [6, 6.07) is 15.4. The van der Waals surface area contributed by atoms with E-state index >= 15 is 0 Å². The number of benzene rings is 2. The molecule has 1 saturated heterocycles. The van der Waals surface area contributed by atoms with Gasteiger partial charge in [-0.05, 0) is 36.2 Å². The Morgan fingerprint density at radius 3 is 2.50 bits per heavy atom. The van der Waals surface area contributed by atoms with Crippen LogP contribution < -0.4 is 15.5 Å². The molecule has 1 heterocycles. The third kappa shape index (κ3) is 6.75. The average molecular weight is 551 g/mol. The molecule has 1 atom stereocenters. The Morgan fingerprint density at radius 2 is 1.84 bits per heavy atom. The van der Waals surface area contributed by atoms with Gasteiger partial charge < -0.3 is 25.5 Å². The normalized spacial score (nSPS) is 15.0. The summed E-state index contributed by atoms with van der Waals surface area (Å²) < 4.78 is 0. The van der Waals surface area contributed by atoms with Crippen LogP contribution in [0.4, 0.5) is 11.4 Å². The van der Waals surface area contributed by atoms with E-state index in [4.69, 9.17) is 0 Å². The van der Waals surface area contributed by atoms with Crippen LogP contribution >= 0.6 is 24.0 Å². The lowest BCUT2D eigenvalue weighted by Gasteiger charge is -2.37. The molecule has 0 bridgehead atoms. The van der Waals surface area contributed by atoms with Crippen molar-refractivity contribution in [2.75, 3.05) is 43.4 Å². The SMILES string of the molecule is CCC(C)C(=O)Nc1cccc(CNC(=NC)N2CCN(c3ccccc3O)CC2)c1.I. The molecule has 0 saturated carbocycles. The van der Waals surface area contributed by atoms with Crippen LogP contribution in [0, 0.1) is 5.92 Å². The predicted molar refractivity (Wildman–Crippen MR) is 142 cm³/mol. The van der Waals surface area contributed by atoms with Crippen molar-refractivity contribution in [1.29, 1.82) is 0 Å². The monoisotopic (exact) mass is 551 g/mol. The van der Waals surface area contributed by atoms with E-state index in [0.29, 0.717) is 12.3 Å². The van der Waals surface area contributed by atoms with Crippen LogP contribution in [-0.4, -0.2) is 55.1 Å². The minimum Gasteiger partial charge on any atom is -0.506 e. The number of phenols is 1. The van der Waals surface area contributed by atoms with E-state index in [1.807, 2.05) is 56.3 Å². The molecule has 0 radical (unpaired) electrons. The number of hydrogen-bond donors (Lipinski definition) is 3. The maximum atomic E-state index is 12.2. The first-order chi connectivity index (χ1) is 15.0. The number of nitrogens with zero attached hydrogens (tertiary/aromatic N) is 3. The molecule has 2 aromatic rings.